The highest BCUT2D eigenvalue weighted by molar-refractivity contribution is 6.30. The van der Waals surface area contributed by atoms with Crippen LogP contribution in [0, 0.1) is 0 Å². The van der Waals surface area contributed by atoms with Gasteiger partial charge in [0.25, 0.3) is 0 Å². The number of nitrogens with zero attached hydrogens (tertiary/aromatic N) is 2. The van der Waals surface area contributed by atoms with E-state index in [1.165, 1.54) is 11.3 Å². The maximum absolute atomic E-state index is 6.05. The predicted molar refractivity (Wildman–Crippen MR) is 79.5 cm³/mol. The standard InChI is InChI=1S/C15H20ClN3/c1-3-17-14(15-8-9-18-19(15)4-2)11-12-6-5-7-13(16)10-12/h5-10,14,17H,3-4,11H2,1-2H3. The Morgan fingerprint density at radius 3 is 2.84 bits per heavy atom. The molecule has 2 aromatic rings. The van der Waals surface area contributed by atoms with Crippen molar-refractivity contribution < 1.29 is 0 Å². The third-order valence-electron chi connectivity index (χ3n) is 3.19. The van der Waals surface area contributed by atoms with Crippen molar-refractivity contribution in [3.05, 3.63) is 52.8 Å². The number of hydrogen-bond donors (Lipinski definition) is 1. The van der Waals surface area contributed by atoms with Gasteiger partial charge in [0.05, 0.1) is 11.7 Å². The first kappa shape index (κ1) is 14.1. The summed E-state index contributed by atoms with van der Waals surface area (Å²) in [4.78, 5) is 0. The largest absolute Gasteiger partial charge is 0.309 e. The van der Waals surface area contributed by atoms with E-state index in [-0.39, 0.29) is 6.04 Å². The SMILES string of the molecule is CCNC(Cc1cccc(Cl)c1)c1ccnn1CC. The molecule has 0 amide bonds. The van der Waals surface area contributed by atoms with E-state index < -0.39 is 0 Å². The van der Waals surface area contributed by atoms with Gasteiger partial charge in [0, 0.05) is 17.8 Å². The van der Waals surface area contributed by atoms with Gasteiger partial charge in [0.1, 0.15) is 0 Å². The van der Waals surface area contributed by atoms with E-state index >= 15 is 0 Å². The van der Waals surface area contributed by atoms with Gasteiger partial charge < -0.3 is 5.32 Å². The Morgan fingerprint density at radius 2 is 2.16 bits per heavy atom. The van der Waals surface area contributed by atoms with E-state index in [9.17, 15) is 0 Å². The zero-order valence-corrected chi connectivity index (χ0v) is 12.2. The van der Waals surface area contributed by atoms with Gasteiger partial charge in [-0.05, 0) is 43.7 Å². The molecule has 0 spiro atoms. The normalized spacial score (nSPS) is 12.6. The van der Waals surface area contributed by atoms with Gasteiger partial charge in [-0.2, -0.15) is 5.10 Å². The van der Waals surface area contributed by atoms with Crippen LogP contribution >= 0.6 is 11.6 Å². The Labute approximate surface area is 119 Å². The Balaban J connectivity index is 2.21. The molecule has 0 aliphatic heterocycles. The Kier molecular flexibility index (Phi) is 5.00. The van der Waals surface area contributed by atoms with E-state index in [0.717, 1.165) is 24.5 Å². The van der Waals surface area contributed by atoms with Gasteiger partial charge in [-0.3, -0.25) is 4.68 Å². The number of nitrogens with one attached hydrogen (secondary N) is 1. The summed E-state index contributed by atoms with van der Waals surface area (Å²) in [5.74, 6) is 0. The van der Waals surface area contributed by atoms with E-state index in [1.807, 2.05) is 29.1 Å². The summed E-state index contributed by atoms with van der Waals surface area (Å²) >= 11 is 6.05. The smallest absolute Gasteiger partial charge is 0.0556 e. The van der Waals surface area contributed by atoms with Crippen molar-refractivity contribution in [2.75, 3.05) is 6.54 Å². The van der Waals surface area contributed by atoms with Crippen LogP contribution in [-0.2, 0) is 13.0 Å². The van der Waals surface area contributed by atoms with Gasteiger partial charge in [0.2, 0.25) is 0 Å². The highest BCUT2D eigenvalue weighted by Gasteiger charge is 2.15. The quantitative estimate of drug-likeness (QED) is 0.876. The van der Waals surface area contributed by atoms with Gasteiger partial charge in [0.15, 0.2) is 0 Å². The van der Waals surface area contributed by atoms with Gasteiger partial charge in [-0.25, -0.2) is 0 Å². The lowest BCUT2D eigenvalue weighted by Gasteiger charge is -2.19. The number of rotatable bonds is 6. The predicted octanol–water partition coefficient (Wildman–Crippen LogP) is 3.45. The lowest BCUT2D eigenvalue weighted by Crippen LogP contribution is -2.25. The second-order valence-corrected chi connectivity index (χ2v) is 4.95. The first-order valence-corrected chi connectivity index (χ1v) is 7.12. The van der Waals surface area contributed by atoms with E-state index in [4.69, 9.17) is 11.6 Å². The molecule has 0 radical (unpaired) electrons. The Morgan fingerprint density at radius 1 is 1.32 bits per heavy atom. The van der Waals surface area contributed by atoms with Crippen LogP contribution in [0.15, 0.2) is 36.5 Å². The molecule has 4 heteroatoms. The minimum atomic E-state index is 0.269. The van der Waals surface area contributed by atoms with Gasteiger partial charge in [-0.1, -0.05) is 30.7 Å². The molecule has 3 nitrogen and oxygen atoms in total. The summed E-state index contributed by atoms with van der Waals surface area (Å²) in [6.07, 6.45) is 2.78. The van der Waals surface area contributed by atoms with Gasteiger partial charge in [-0.15, -0.1) is 0 Å². The maximum atomic E-state index is 6.05. The van der Waals surface area contributed by atoms with Crippen molar-refractivity contribution in [3.8, 4) is 0 Å². The topological polar surface area (TPSA) is 29.9 Å². The number of halogens is 1. The number of hydrogen-bond acceptors (Lipinski definition) is 2. The average Bonchev–Trinajstić information content (AvgIpc) is 2.86. The van der Waals surface area contributed by atoms with Crippen molar-refractivity contribution in [1.82, 2.24) is 15.1 Å². The molecule has 2 rings (SSSR count). The highest BCUT2D eigenvalue weighted by Crippen LogP contribution is 2.20. The molecule has 1 unspecified atom stereocenters. The van der Waals surface area contributed by atoms with Crippen LogP contribution in [-0.4, -0.2) is 16.3 Å². The fourth-order valence-corrected chi connectivity index (χ4v) is 2.54. The van der Waals surface area contributed by atoms with E-state index in [0.29, 0.717) is 0 Å². The van der Waals surface area contributed by atoms with Crippen LogP contribution in [0.1, 0.15) is 31.1 Å². The Hall–Kier alpha value is -1.32. The second-order valence-electron chi connectivity index (χ2n) is 4.52. The van der Waals surface area contributed by atoms with Crippen molar-refractivity contribution in [2.24, 2.45) is 0 Å². The molecule has 0 fully saturated rings. The van der Waals surface area contributed by atoms with E-state index in [1.54, 1.807) is 0 Å². The summed E-state index contributed by atoms with van der Waals surface area (Å²) in [6, 6.07) is 10.4. The average molecular weight is 278 g/mol. The molecular formula is C15H20ClN3. The van der Waals surface area contributed by atoms with Crippen molar-refractivity contribution in [1.29, 1.82) is 0 Å². The molecule has 0 bridgehead atoms. The fourth-order valence-electron chi connectivity index (χ4n) is 2.33. The first-order valence-electron chi connectivity index (χ1n) is 6.74. The summed E-state index contributed by atoms with van der Waals surface area (Å²) < 4.78 is 2.04. The third kappa shape index (κ3) is 3.58. The molecule has 1 aromatic heterocycles. The first-order chi connectivity index (χ1) is 9.24. The van der Waals surface area contributed by atoms with E-state index in [2.05, 4.69) is 36.4 Å². The number of aromatic nitrogens is 2. The zero-order valence-electron chi connectivity index (χ0n) is 11.4. The second kappa shape index (κ2) is 6.73. The summed E-state index contributed by atoms with van der Waals surface area (Å²) in [6.45, 7) is 6.05. The number of benzene rings is 1. The van der Waals surface area contributed by atoms with Crippen LogP contribution in [0.2, 0.25) is 5.02 Å². The van der Waals surface area contributed by atoms with Crippen LogP contribution in [0.3, 0.4) is 0 Å². The van der Waals surface area contributed by atoms with Crippen LogP contribution in [0.4, 0.5) is 0 Å². The van der Waals surface area contributed by atoms with Crippen molar-refractivity contribution in [2.45, 2.75) is 32.9 Å². The highest BCUT2D eigenvalue weighted by atomic mass is 35.5. The molecule has 102 valence electrons. The van der Waals surface area contributed by atoms with Crippen molar-refractivity contribution >= 4 is 11.6 Å². The fraction of sp³-hybridized carbons (Fsp3) is 0.400. The molecule has 1 atom stereocenters. The van der Waals surface area contributed by atoms with Crippen LogP contribution in [0.25, 0.3) is 0 Å². The van der Waals surface area contributed by atoms with Crippen molar-refractivity contribution in [3.63, 3.8) is 0 Å². The lowest BCUT2D eigenvalue weighted by atomic mass is 10.0. The lowest BCUT2D eigenvalue weighted by molar-refractivity contribution is 0.490. The molecule has 0 aliphatic rings. The molecular weight excluding hydrogens is 258 g/mol. The number of aryl methyl sites for hydroxylation is 1. The summed E-state index contributed by atoms with van der Waals surface area (Å²) in [5.41, 5.74) is 2.46. The molecule has 1 heterocycles. The summed E-state index contributed by atoms with van der Waals surface area (Å²) in [7, 11) is 0. The number of likely N-dealkylation sites (N-methyl/N-ethyl adjacent to an activating group) is 1. The minimum absolute atomic E-state index is 0.269. The minimum Gasteiger partial charge on any atom is -0.309 e. The zero-order chi connectivity index (χ0) is 13.7. The van der Waals surface area contributed by atoms with Gasteiger partial charge >= 0.3 is 0 Å². The third-order valence-corrected chi connectivity index (χ3v) is 3.42. The molecule has 0 saturated carbocycles. The van der Waals surface area contributed by atoms with Crippen LogP contribution in [0.5, 0.6) is 0 Å². The summed E-state index contributed by atoms with van der Waals surface area (Å²) in [5, 5.41) is 8.66. The molecule has 0 aliphatic carbocycles. The Bertz CT molecular complexity index is 522. The van der Waals surface area contributed by atoms with Crippen LogP contribution < -0.4 is 5.32 Å². The maximum Gasteiger partial charge on any atom is 0.0556 e. The monoisotopic (exact) mass is 277 g/mol. The molecule has 1 aromatic carbocycles. The molecule has 19 heavy (non-hydrogen) atoms. The molecule has 0 saturated heterocycles. The molecule has 1 N–H and O–H groups in total.